The normalized spacial score (nSPS) is 15.3. The fourth-order valence-electron chi connectivity index (χ4n) is 2.95. The van der Waals surface area contributed by atoms with E-state index in [0.29, 0.717) is 24.6 Å². The fraction of sp³-hybridized carbons (Fsp3) is 0.700. The van der Waals surface area contributed by atoms with Crippen LogP contribution in [0.25, 0.3) is 0 Å². The van der Waals surface area contributed by atoms with E-state index in [0.717, 1.165) is 50.5 Å². The summed E-state index contributed by atoms with van der Waals surface area (Å²) in [7, 11) is -3.29. The van der Waals surface area contributed by atoms with Gasteiger partial charge in [0.25, 0.3) is 0 Å². The van der Waals surface area contributed by atoms with Crippen LogP contribution < -0.4 is 10.0 Å². The van der Waals surface area contributed by atoms with Crippen molar-refractivity contribution in [2.24, 2.45) is 0 Å². The van der Waals surface area contributed by atoms with Gasteiger partial charge in [0.1, 0.15) is 0 Å². The summed E-state index contributed by atoms with van der Waals surface area (Å²) in [4.78, 5) is 0. The van der Waals surface area contributed by atoms with Crippen LogP contribution in [0.5, 0.6) is 0 Å². The van der Waals surface area contributed by atoms with E-state index in [-0.39, 0.29) is 0 Å². The van der Waals surface area contributed by atoms with Crippen LogP contribution in [0.2, 0.25) is 0 Å². The molecular formula is C20H35FN2O3S. The van der Waals surface area contributed by atoms with Crippen molar-refractivity contribution in [2.75, 3.05) is 17.5 Å². The highest BCUT2D eigenvalue weighted by atomic mass is 32.2. The molecule has 0 saturated carbocycles. The zero-order valence-electron chi connectivity index (χ0n) is 16.7. The van der Waals surface area contributed by atoms with E-state index in [9.17, 15) is 17.9 Å². The average molecular weight is 403 g/mol. The Morgan fingerprint density at radius 2 is 1.63 bits per heavy atom. The van der Waals surface area contributed by atoms with Gasteiger partial charge < -0.3 is 10.4 Å². The van der Waals surface area contributed by atoms with Gasteiger partial charge in [0.15, 0.2) is 0 Å². The Kier molecular flexibility index (Phi) is 10.9. The number of halogens is 1. The van der Waals surface area contributed by atoms with Gasteiger partial charge in [-0.25, -0.2) is 12.8 Å². The third kappa shape index (κ3) is 12.0. The molecule has 0 fully saturated rings. The Bertz CT molecular complexity index is 621. The number of rotatable bonds is 14. The van der Waals surface area contributed by atoms with Crippen LogP contribution in [-0.2, 0) is 10.0 Å². The Morgan fingerprint density at radius 3 is 2.22 bits per heavy atom. The minimum Gasteiger partial charge on any atom is -0.388 e. The molecule has 0 radical (unpaired) electrons. The number of hydrogen-bond acceptors (Lipinski definition) is 4. The summed E-state index contributed by atoms with van der Waals surface area (Å²) in [6, 6.07) is 7.22. The van der Waals surface area contributed by atoms with Crippen LogP contribution in [0.15, 0.2) is 24.3 Å². The maximum atomic E-state index is 12.7. The fourth-order valence-corrected chi connectivity index (χ4v) is 3.52. The molecule has 3 unspecified atom stereocenters. The number of anilines is 1. The van der Waals surface area contributed by atoms with Crippen LogP contribution in [-0.4, -0.2) is 38.5 Å². The smallest absolute Gasteiger partial charge is 0.229 e. The van der Waals surface area contributed by atoms with E-state index in [1.54, 1.807) is 31.2 Å². The molecule has 3 N–H and O–H groups in total. The molecule has 0 aliphatic heterocycles. The molecule has 1 aromatic carbocycles. The first-order valence-corrected chi connectivity index (χ1v) is 11.7. The number of sulfonamides is 1. The Hall–Kier alpha value is -1.18. The van der Waals surface area contributed by atoms with Crippen molar-refractivity contribution in [1.29, 1.82) is 0 Å². The van der Waals surface area contributed by atoms with Crippen LogP contribution >= 0.6 is 0 Å². The Balaban J connectivity index is 2.18. The molecule has 5 nitrogen and oxygen atoms in total. The summed E-state index contributed by atoms with van der Waals surface area (Å²) in [6.45, 7) is 4.61. The predicted octanol–water partition coefficient (Wildman–Crippen LogP) is 4.16. The van der Waals surface area contributed by atoms with Crippen LogP contribution in [0, 0.1) is 0 Å². The van der Waals surface area contributed by atoms with Crippen molar-refractivity contribution in [2.45, 2.75) is 77.1 Å². The van der Waals surface area contributed by atoms with E-state index < -0.39 is 22.3 Å². The van der Waals surface area contributed by atoms with Crippen molar-refractivity contribution in [3.05, 3.63) is 29.8 Å². The zero-order valence-corrected chi connectivity index (χ0v) is 17.6. The topological polar surface area (TPSA) is 78.4 Å². The third-order valence-corrected chi connectivity index (χ3v) is 5.09. The molecule has 3 atom stereocenters. The van der Waals surface area contributed by atoms with Gasteiger partial charge in [0, 0.05) is 11.7 Å². The van der Waals surface area contributed by atoms with Gasteiger partial charge in [-0.1, -0.05) is 31.4 Å². The maximum absolute atomic E-state index is 12.7. The first-order chi connectivity index (χ1) is 12.7. The summed E-state index contributed by atoms with van der Waals surface area (Å²) in [5, 5.41) is 13.7. The molecule has 1 aromatic rings. The number of aliphatic hydroxyl groups is 1. The highest BCUT2D eigenvalue weighted by Crippen LogP contribution is 2.20. The zero-order chi connectivity index (χ0) is 20.3. The molecule has 0 aliphatic carbocycles. The second-order valence-electron chi connectivity index (χ2n) is 7.43. The van der Waals surface area contributed by atoms with Crippen LogP contribution in [0.3, 0.4) is 0 Å². The first-order valence-electron chi connectivity index (χ1n) is 9.80. The molecule has 1 rings (SSSR count). The van der Waals surface area contributed by atoms with Crippen molar-refractivity contribution < 1.29 is 17.9 Å². The van der Waals surface area contributed by atoms with E-state index in [1.165, 1.54) is 0 Å². The van der Waals surface area contributed by atoms with Gasteiger partial charge in [-0.2, -0.15) is 0 Å². The van der Waals surface area contributed by atoms with E-state index in [1.807, 2.05) is 0 Å². The van der Waals surface area contributed by atoms with Gasteiger partial charge >= 0.3 is 0 Å². The molecule has 0 bridgehead atoms. The van der Waals surface area contributed by atoms with E-state index in [2.05, 4.69) is 17.0 Å². The summed E-state index contributed by atoms with van der Waals surface area (Å²) in [6.07, 6.45) is 6.23. The molecule has 0 aliphatic rings. The lowest BCUT2D eigenvalue weighted by Crippen LogP contribution is -2.27. The summed E-state index contributed by atoms with van der Waals surface area (Å²) in [5.41, 5.74) is 1.27. The van der Waals surface area contributed by atoms with Crippen LogP contribution in [0.1, 0.15) is 70.5 Å². The molecule has 156 valence electrons. The minimum absolute atomic E-state index is 0.422. The molecule has 0 saturated heterocycles. The second-order valence-corrected chi connectivity index (χ2v) is 9.18. The van der Waals surface area contributed by atoms with Crippen molar-refractivity contribution in [3.8, 4) is 0 Å². The summed E-state index contributed by atoms with van der Waals surface area (Å²) in [5.74, 6) is 0. The first kappa shape index (κ1) is 23.9. The largest absolute Gasteiger partial charge is 0.388 e. The lowest BCUT2D eigenvalue weighted by Gasteiger charge is -2.15. The standard InChI is InChI=1S/C20H35FN2O3S/c1-16(21)8-5-4-6-9-17(2)22-15-7-10-20(24)18-11-13-19(14-12-18)23-27(3,25)26/h11-14,16-17,20,22-24H,4-10,15H2,1-3H3. The van der Waals surface area contributed by atoms with Gasteiger partial charge in [-0.05, 0) is 63.8 Å². The van der Waals surface area contributed by atoms with Crippen molar-refractivity contribution in [3.63, 3.8) is 0 Å². The van der Waals surface area contributed by atoms with Gasteiger partial charge in [0.2, 0.25) is 10.0 Å². The molecule has 0 heterocycles. The number of nitrogens with one attached hydrogen (secondary N) is 2. The molecule has 0 aromatic heterocycles. The predicted molar refractivity (Wildman–Crippen MR) is 110 cm³/mol. The Labute approximate surface area is 163 Å². The van der Waals surface area contributed by atoms with E-state index in [4.69, 9.17) is 0 Å². The van der Waals surface area contributed by atoms with Crippen molar-refractivity contribution >= 4 is 15.7 Å². The molecule has 0 amide bonds. The molecule has 7 heteroatoms. The third-order valence-electron chi connectivity index (χ3n) is 4.48. The lowest BCUT2D eigenvalue weighted by atomic mass is 10.0. The molecule has 0 spiro atoms. The highest BCUT2D eigenvalue weighted by Gasteiger charge is 2.09. The average Bonchev–Trinajstić information content (AvgIpc) is 2.57. The number of aliphatic hydroxyl groups excluding tert-OH is 1. The number of hydrogen-bond donors (Lipinski definition) is 3. The maximum Gasteiger partial charge on any atom is 0.229 e. The van der Waals surface area contributed by atoms with Crippen molar-refractivity contribution in [1.82, 2.24) is 5.32 Å². The number of unbranched alkanes of at least 4 members (excludes halogenated alkanes) is 2. The highest BCUT2D eigenvalue weighted by molar-refractivity contribution is 7.92. The van der Waals surface area contributed by atoms with Gasteiger partial charge in [0.05, 0.1) is 18.5 Å². The quantitative estimate of drug-likeness (QED) is 0.408. The molecule has 27 heavy (non-hydrogen) atoms. The second kappa shape index (κ2) is 12.3. The summed E-state index contributed by atoms with van der Waals surface area (Å²) < 4.78 is 37.5. The van der Waals surface area contributed by atoms with Crippen LogP contribution in [0.4, 0.5) is 10.1 Å². The minimum atomic E-state index is -3.29. The SMILES string of the molecule is CC(F)CCCCCC(C)NCCCC(O)c1ccc(NS(C)(=O)=O)cc1. The molecular weight excluding hydrogens is 367 g/mol. The monoisotopic (exact) mass is 402 g/mol. The van der Waals surface area contributed by atoms with E-state index >= 15 is 0 Å². The van der Waals surface area contributed by atoms with Gasteiger partial charge in [-0.15, -0.1) is 0 Å². The number of benzene rings is 1. The summed E-state index contributed by atoms with van der Waals surface area (Å²) >= 11 is 0. The van der Waals surface area contributed by atoms with Gasteiger partial charge in [-0.3, -0.25) is 4.72 Å². The lowest BCUT2D eigenvalue weighted by molar-refractivity contribution is 0.164. The number of alkyl halides is 1. The Morgan fingerprint density at radius 1 is 1.00 bits per heavy atom.